The van der Waals surface area contributed by atoms with Crippen molar-refractivity contribution in [2.75, 3.05) is 13.1 Å². The molecule has 1 aliphatic heterocycles. The van der Waals surface area contributed by atoms with Gasteiger partial charge in [-0.2, -0.15) is 4.98 Å². The van der Waals surface area contributed by atoms with Crippen molar-refractivity contribution in [1.29, 1.82) is 0 Å². The van der Waals surface area contributed by atoms with Gasteiger partial charge in [-0.15, -0.1) is 5.10 Å². The van der Waals surface area contributed by atoms with Gasteiger partial charge in [-0.25, -0.2) is 4.68 Å². The van der Waals surface area contributed by atoms with Crippen LogP contribution in [0.15, 0.2) is 41.1 Å². The summed E-state index contributed by atoms with van der Waals surface area (Å²) in [5, 5.41) is 12.7. The number of aromatic nitrogens is 5. The molecule has 0 spiro atoms. The van der Waals surface area contributed by atoms with Crippen LogP contribution < -0.4 is 0 Å². The largest absolute Gasteiger partial charge is 0.340 e. The van der Waals surface area contributed by atoms with Crippen molar-refractivity contribution in [2.24, 2.45) is 0 Å². The zero-order chi connectivity index (χ0) is 17.2. The molecule has 0 amide bonds. The van der Waals surface area contributed by atoms with Gasteiger partial charge in [0.25, 0.3) is 0 Å². The van der Waals surface area contributed by atoms with E-state index in [2.05, 4.69) is 32.3 Å². The first-order valence-corrected chi connectivity index (χ1v) is 8.72. The molecule has 7 nitrogen and oxygen atoms in total. The van der Waals surface area contributed by atoms with Crippen molar-refractivity contribution in [3.63, 3.8) is 0 Å². The lowest BCUT2D eigenvalue weighted by Gasteiger charge is -2.34. The first kappa shape index (κ1) is 16.0. The zero-order valence-electron chi connectivity index (χ0n) is 14.5. The van der Waals surface area contributed by atoms with Gasteiger partial charge in [-0.3, -0.25) is 4.90 Å². The average Bonchev–Trinajstić information content (AvgIpc) is 3.31. The summed E-state index contributed by atoms with van der Waals surface area (Å²) in [6.07, 6.45) is 4.10. The quantitative estimate of drug-likeness (QED) is 0.728. The summed E-state index contributed by atoms with van der Waals surface area (Å²) in [5.41, 5.74) is 2.03. The lowest BCUT2D eigenvalue weighted by molar-refractivity contribution is 0.156. The highest BCUT2D eigenvalue weighted by atomic mass is 16.5. The highest BCUT2D eigenvalue weighted by Crippen LogP contribution is 2.30. The average molecular weight is 338 g/mol. The molecule has 0 radical (unpaired) electrons. The third-order valence-corrected chi connectivity index (χ3v) is 4.95. The number of benzene rings is 1. The monoisotopic (exact) mass is 338 g/mol. The Hall–Kier alpha value is -2.54. The summed E-state index contributed by atoms with van der Waals surface area (Å²) in [4.78, 5) is 6.82. The topological polar surface area (TPSA) is 72.9 Å². The summed E-state index contributed by atoms with van der Waals surface area (Å²) in [7, 11) is 0. The van der Waals surface area contributed by atoms with Crippen LogP contribution in [0, 0.1) is 6.92 Å². The lowest BCUT2D eigenvalue weighted by Crippen LogP contribution is -2.35. The summed E-state index contributed by atoms with van der Waals surface area (Å²) >= 11 is 0. The van der Waals surface area contributed by atoms with Gasteiger partial charge in [0.05, 0.1) is 23.6 Å². The number of para-hydroxylation sites is 1. The van der Waals surface area contributed by atoms with Crippen LogP contribution in [0.1, 0.15) is 49.1 Å². The van der Waals surface area contributed by atoms with E-state index in [1.165, 1.54) is 0 Å². The highest BCUT2D eigenvalue weighted by molar-refractivity contribution is 5.30. The van der Waals surface area contributed by atoms with Crippen molar-refractivity contribution in [1.82, 2.24) is 30.0 Å². The van der Waals surface area contributed by atoms with Gasteiger partial charge in [0.2, 0.25) is 5.89 Å². The summed E-state index contributed by atoms with van der Waals surface area (Å²) in [6.45, 7) is 6.02. The predicted molar refractivity (Wildman–Crippen MR) is 92.4 cm³/mol. The minimum Gasteiger partial charge on any atom is -0.340 e. The van der Waals surface area contributed by atoms with Gasteiger partial charge in [-0.1, -0.05) is 28.6 Å². The fourth-order valence-corrected chi connectivity index (χ4v) is 3.39. The standard InChI is InChI=1S/C18H22N6O/c1-13(17-12-24(22-20-17)16-6-4-3-5-7-16)23-10-8-15(9-11-23)18-19-14(2)25-21-18/h3-7,12-13,15H,8-11H2,1-2H3/t13-/m1/s1. The fraction of sp³-hybridized carbons (Fsp3) is 0.444. The second kappa shape index (κ2) is 6.76. The molecule has 1 aliphatic rings. The molecule has 0 aliphatic carbocycles. The minimum absolute atomic E-state index is 0.241. The molecule has 1 atom stereocenters. The molecular weight excluding hydrogens is 316 g/mol. The van der Waals surface area contributed by atoms with Gasteiger partial charge in [0, 0.05) is 12.8 Å². The molecule has 0 saturated carbocycles. The van der Waals surface area contributed by atoms with Gasteiger partial charge in [0.15, 0.2) is 5.82 Å². The molecule has 3 aromatic rings. The van der Waals surface area contributed by atoms with E-state index < -0.39 is 0 Å². The number of hydrogen-bond donors (Lipinski definition) is 0. The molecule has 0 N–H and O–H groups in total. The van der Waals surface area contributed by atoms with Crippen LogP contribution in [0.4, 0.5) is 0 Å². The zero-order valence-corrected chi connectivity index (χ0v) is 14.5. The molecule has 4 rings (SSSR count). The van der Waals surface area contributed by atoms with Crippen molar-refractivity contribution < 1.29 is 4.52 Å². The van der Waals surface area contributed by atoms with E-state index in [1.54, 1.807) is 0 Å². The summed E-state index contributed by atoms with van der Waals surface area (Å²) in [6, 6.07) is 10.3. The molecule has 0 bridgehead atoms. The Balaban J connectivity index is 1.41. The maximum absolute atomic E-state index is 5.11. The van der Waals surface area contributed by atoms with E-state index in [1.807, 2.05) is 48.1 Å². The van der Waals surface area contributed by atoms with Crippen LogP contribution >= 0.6 is 0 Å². The molecule has 25 heavy (non-hydrogen) atoms. The Morgan fingerprint density at radius 2 is 1.92 bits per heavy atom. The second-order valence-corrected chi connectivity index (χ2v) is 6.58. The molecule has 2 aromatic heterocycles. The van der Waals surface area contributed by atoms with Crippen LogP contribution in [0.5, 0.6) is 0 Å². The predicted octanol–water partition coefficient (Wildman–Crippen LogP) is 2.90. The Morgan fingerprint density at radius 3 is 2.60 bits per heavy atom. The number of likely N-dealkylation sites (tertiary alicyclic amines) is 1. The molecule has 7 heteroatoms. The Bertz CT molecular complexity index is 819. The van der Waals surface area contributed by atoms with Gasteiger partial charge in [0.1, 0.15) is 0 Å². The number of aryl methyl sites for hydroxylation is 1. The summed E-state index contributed by atoms with van der Waals surface area (Å²) in [5.74, 6) is 1.88. The number of nitrogens with zero attached hydrogens (tertiary/aromatic N) is 6. The van der Waals surface area contributed by atoms with Crippen molar-refractivity contribution in [3.05, 3.63) is 53.9 Å². The first-order chi connectivity index (χ1) is 12.2. The SMILES string of the molecule is Cc1nc(C2CCN([C@H](C)c3cn(-c4ccccc4)nn3)CC2)no1. The fourth-order valence-electron chi connectivity index (χ4n) is 3.39. The van der Waals surface area contributed by atoms with E-state index in [4.69, 9.17) is 4.52 Å². The van der Waals surface area contributed by atoms with Crippen LogP contribution in [-0.2, 0) is 0 Å². The first-order valence-electron chi connectivity index (χ1n) is 8.72. The van der Waals surface area contributed by atoms with Crippen LogP contribution in [0.2, 0.25) is 0 Å². The van der Waals surface area contributed by atoms with Crippen LogP contribution in [0.25, 0.3) is 5.69 Å². The van der Waals surface area contributed by atoms with Crippen LogP contribution in [0.3, 0.4) is 0 Å². The minimum atomic E-state index is 0.241. The maximum atomic E-state index is 5.11. The molecule has 0 unspecified atom stereocenters. The maximum Gasteiger partial charge on any atom is 0.223 e. The number of rotatable bonds is 4. The molecule has 1 aromatic carbocycles. The van der Waals surface area contributed by atoms with Crippen molar-refractivity contribution >= 4 is 0 Å². The second-order valence-electron chi connectivity index (χ2n) is 6.58. The van der Waals surface area contributed by atoms with E-state index in [-0.39, 0.29) is 6.04 Å². The smallest absolute Gasteiger partial charge is 0.223 e. The molecule has 3 heterocycles. The Labute approximate surface area is 146 Å². The van der Waals surface area contributed by atoms with Gasteiger partial charge >= 0.3 is 0 Å². The Morgan fingerprint density at radius 1 is 1.16 bits per heavy atom. The lowest BCUT2D eigenvalue weighted by atomic mass is 9.95. The van der Waals surface area contributed by atoms with Gasteiger partial charge in [-0.05, 0) is 45.0 Å². The Kier molecular flexibility index (Phi) is 4.31. The van der Waals surface area contributed by atoms with Crippen LogP contribution in [-0.4, -0.2) is 43.1 Å². The third kappa shape index (κ3) is 3.32. The number of hydrogen-bond acceptors (Lipinski definition) is 6. The number of piperidine rings is 1. The van der Waals surface area contributed by atoms with E-state index in [0.29, 0.717) is 11.8 Å². The summed E-state index contributed by atoms with van der Waals surface area (Å²) < 4.78 is 6.94. The van der Waals surface area contributed by atoms with Crippen molar-refractivity contribution in [2.45, 2.75) is 38.6 Å². The highest BCUT2D eigenvalue weighted by Gasteiger charge is 2.28. The van der Waals surface area contributed by atoms with Gasteiger partial charge < -0.3 is 4.52 Å². The molecular formula is C18H22N6O. The van der Waals surface area contributed by atoms with E-state index in [0.717, 1.165) is 43.1 Å². The molecule has 1 saturated heterocycles. The van der Waals surface area contributed by atoms with E-state index in [9.17, 15) is 0 Å². The normalized spacial score (nSPS) is 17.7. The molecule has 1 fully saturated rings. The van der Waals surface area contributed by atoms with E-state index >= 15 is 0 Å². The van der Waals surface area contributed by atoms with Crippen molar-refractivity contribution in [3.8, 4) is 5.69 Å². The molecule has 130 valence electrons. The third-order valence-electron chi connectivity index (χ3n) is 4.95.